The summed E-state index contributed by atoms with van der Waals surface area (Å²) in [5.74, 6) is 0.632. The van der Waals surface area contributed by atoms with E-state index in [1.54, 1.807) is 11.0 Å². The van der Waals surface area contributed by atoms with Gasteiger partial charge in [-0.2, -0.15) is 5.10 Å². The molecule has 1 saturated heterocycles. The van der Waals surface area contributed by atoms with Crippen LogP contribution >= 0.6 is 0 Å². The number of nitrogens with one attached hydrogen (secondary N) is 2. The molecule has 3 rings (SSSR count). The highest BCUT2D eigenvalue weighted by atomic mass is 16.5. The molecule has 0 aliphatic carbocycles. The van der Waals surface area contributed by atoms with Crippen molar-refractivity contribution in [1.29, 1.82) is 0 Å². The average molecular weight is 315 g/mol. The molecule has 1 fully saturated rings. The topological polar surface area (TPSA) is 81.1 Å². The summed E-state index contributed by atoms with van der Waals surface area (Å²) in [6.07, 6.45) is 3.28. The maximum absolute atomic E-state index is 12.2. The fourth-order valence-electron chi connectivity index (χ4n) is 2.59. The molecule has 0 saturated carbocycles. The third kappa shape index (κ3) is 3.87. The molecule has 0 bridgehead atoms. The summed E-state index contributed by atoms with van der Waals surface area (Å²) in [6, 6.07) is 7.29. The molecule has 1 aromatic carbocycles. The van der Waals surface area contributed by atoms with Crippen LogP contribution in [0.15, 0.2) is 30.6 Å². The molecule has 7 heteroatoms. The fraction of sp³-hybridized carbons (Fsp3) is 0.438. The Morgan fingerprint density at radius 3 is 2.83 bits per heavy atom. The number of rotatable bonds is 3. The summed E-state index contributed by atoms with van der Waals surface area (Å²) in [7, 11) is 1.82. The highest BCUT2D eigenvalue weighted by molar-refractivity contribution is 5.90. The van der Waals surface area contributed by atoms with Gasteiger partial charge in [-0.05, 0) is 31.9 Å². The van der Waals surface area contributed by atoms with Crippen LogP contribution in [-0.4, -0.2) is 39.5 Å². The lowest BCUT2D eigenvalue weighted by atomic mass is 9.93. The lowest BCUT2D eigenvalue weighted by Crippen LogP contribution is -2.51. The lowest BCUT2D eigenvalue weighted by Gasteiger charge is -2.34. The van der Waals surface area contributed by atoms with Crippen molar-refractivity contribution < 1.29 is 9.53 Å². The Bertz CT molecular complexity index is 691. The zero-order chi connectivity index (χ0) is 16.3. The second kappa shape index (κ2) is 6.37. The minimum Gasteiger partial charge on any atom is -0.381 e. The third-order valence-electron chi connectivity index (χ3n) is 3.99. The van der Waals surface area contributed by atoms with Gasteiger partial charge >= 0.3 is 6.03 Å². The second-order valence-electron chi connectivity index (χ2n) is 6.07. The molecule has 1 aromatic heterocycles. The van der Waals surface area contributed by atoms with Crippen LogP contribution in [0.25, 0.3) is 11.4 Å². The van der Waals surface area contributed by atoms with Gasteiger partial charge in [-0.25, -0.2) is 9.78 Å². The van der Waals surface area contributed by atoms with Crippen molar-refractivity contribution >= 4 is 11.7 Å². The lowest BCUT2D eigenvalue weighted by molar-refractivity contribution is 0.0500. The van der Waals surface area contributed by atoms with Crippen molar-refractivity contribution in [1.82, 2.24) is 20.1 Å². The summed E-state index contributed by atoms with van der Waals surface area (Å²) >= 11 is 0. The number of benzene rings is 1. The number of aromatic nitrogens is 3. The van der Waals surface area contributed by atoms with Crippen LogP contribution in [0.1, 0.15) is 19.8 Å². The van der Waals surface area contributed by atoms with Gasteiger partial charge in [-0.3, -0.25) is 4.68 Å². The number of nitrogens with zero attached hydrogens (tertiary/aromatic N) is 3. The second-order valence-corrected chi connectivity index (χ2v) is 6.07. The van der Waals surface area contributed by atoms with Crippen LogP contribution in [-0.2, 0) is 11.8 Å². The predicted octanol–water partition coefficient (Wildman–Crippen LogP) is 2.17. The molecular formula is C16H21N5O2. The number of hydrogen-bond acceptors (Lipinski definition) is 4. The zero-order valence-corrected chi connectivity index (χ0v) is 13.4. The Hall–Kier alpha value is -2.41. The van der Waals surface area contributed by atoms with Crippen molar-refractivity contribution in [3.05, 3.63) is 30.6 Å². The first-order valence-corrected chi connectivity index (χ1v) is 7.67. The van der Waals surface area contributed by atoms with Gasteiger partial charge in [-0.1, -0.05) is 12.1 Å². The van der Waals surface area contributed by atoms with E-state index in [-0.39, 0.29) is 11.6 Å². The van der Waals surface area contributed by atoms with Gasteiger partial charge in [0, 0.05) is 37.1 Å². The van der Waals surface area contributed by atoms with Crippen LogP contribution in [0.3, 0.4) is 0 Å². The van der Waals surface area contributed by atoms with Crippen molar-refractivity contribution in [3.63, 3.8) is 0 Å². The fourth-order valence-corrected chi connectivity index (χ4v) is 2.59. The highest BCUT2D eigenvalue weighted by Crippen LogP contribution is 2.21. The molecule has 0 atom stereocenters. The molecule has 1 aliphatic rings. The molecule has 2 heterocycles. The predicted molar refractivity (Wildman–Crippen MR) is 87.1 cm³/mol. The van der Waals surface area contributed by atoms with Crippen molar-refractivity contribution in [2.75, 3.05) is 18.5 Å². The van der Waals surface area contributed by atoms with Crippen LogP contribution in [0.2, 0.25) is 0 Å². The van der Waals surface area contributed by atoms with Gasteiger partial charge in [-0.15, -0.1) is 0 Å². The molecule has 2 aromatic rings. The maximum Gasteiger partial charge on any atom is 0.319 e. The Labute approximate surface area is 135 Å². The summed E-state index contributed by atoms with van der Waals surface area (Å²) in [5, 5.41) is 10.2. The van der Waals surface area contributed by atoms with E-state index in [1.807, 2.05) is 38.2 Å². The van der Waals surface area contributed by atoms with E-state index >= 15 is 0 Å². The molecule has 23 heavy (non-hydrogen) atoms. The van der Waals surface area contributed by atoms with Gasteiger partial charge < -0.3 is 15.4 Å². The summed E-state index contributed by atoms with van der Waals surface area (Å²) in [6.45, 7) is 3.40. The average Bonchev–Trinajstić information content (AvgIpc) is 2.94. The molecule has 0 radical (unpaired) electrons. The first-order chi connectivity index (χ1) is 11.0. The largest absolute Gasteiger partial charge is 0.381 e. The van der Waals surface area contributed by atoms with Crippen molar-refractivity contribution in [2.24, 2.45) is 7.05 Å². The first-order valence-electron chi connectivity index (χ1n) is 7.67. The third-order valence-corrected chi connectivity index (χ3v) is 3.99. The van der Waals surface area contributed by atoms with E-state index in [4.69, 9.17) is 4.74 Å². The molecule has 0 spiro atoms. The molecule has 122 valence electrons. The van der Waals surface area contributed by atoms with Crippen molar-refractivity contribution in [2.45, 2.75) is 25.3 Å². The number of ether oxygens (including phenoxy) is 1. The van der Waals surface area contributed by atoms with Gasteiger partial charge in [0.25, 0.3) is 0 Å². The Morgan fingerprint density at radius 2 is 2.13 bits per heavy atom. The summed E-state index contributed by atoms with van der Waals surface area (Å²) in [4.78, 5) is 16.5. The number of carbonyl (C=O) groups excluding carboxylic acids is 1. The SMILES string of the molecule is Cn1cnc(-c2cccc(NC(=O)NC3(C)CCOCC3)c2)n1. The Morgan fingerprint density at radius 1 is 1.35 bits per heavy atom. The molecule has 1 aliphatic heterocycles. The summed E-state index contributed by atoms with van der Waals surface area (Å²) < 4.78 is 6.99. The van der Waals surface area contributed by atoms with Crippen LogP contribution < -0.4 is 10.6 Å². The highest BCUT2D eigenvalue weighted by Gasteiger charge is 2.28. The first kappa shape index (κ1) is 15.5. The van der Waals surface area contributed by atoms with E-state index < -0.39 is 0 Å². The monoisotopic (exact) mass is 315 g/mol. The Kier molecular flexibility index (Phi) is 4.29. The molecule has 2 amide bonds. The standard InChI is InChI=1S/C16H21N5O2/c1-16(6-8-23-9-7-16)19-15(22)18-13-5-3-4-12(10-13)14-17-11-21(2)20-14/h3-5,10-11H,6-9H2,1-2H3,(H2,18,19,22). The van der Waals surface area contributed by atoms with Crippen LogP contribution in [0, 0.1) is 0 Å². The zero-order valence-electron chi connectivity index (χ0n) is 13.4. The number of amides is 2. The number of aryl methyl sites for hydroxylation is 1. The smallest absolute Gasteiger partial charge is 0.319 e. The number of anilines is 1. The minimum atomic E-state index is -0.220. The van der Waals surface area contributed by atoms with Gasteiger partial charge in [0.05, 0.1) is 0 Å². The van der Waals surface area contributed by atoms with E-state index in [2.05, 4.69) is 20.7 Å². The molecule has 2 N–H and O–H groups in total. The number of carbonyl (C=O) groups is 1. The van der Waals surface area contributed by atoms with Gasteiger partial charge in [0.2, 0.25) is 0 Å². The maximum atomic E-state index is 12.2. The van der Waals surface area contributed by atoms with Gasteiger partial charge in [0.15, 0.2) is 5.82 Å². The molecular weight excluding hydrogens is 294 g/mol. The van der Waals surface area contributed by atoms with Crippen LogP contribution in [0.5, 0.6) is 0 Å². The normalized spacial score (nSPS) is 16.8. The van der Waals surface area contributed by atoms with E-state index in [1.165, 1.54) is 0 Å². The van der Waals surface area contributed by atoms with Gasteiger partial charge in [0.1, 0.15) is 6.33 Å². The summed E-state index contributed by atoms with van der Waals surface area (Å²) in [5.41, 5.74) is 1.35. The minimum absolute atomic E-state index is 0.208. The number of hydrogen-bond donors (Lipinski definition) is 2. The van der Waals surface area contributed by atoms with Crippen LogP contribution in [0.4, 0.5) is 10.5 Å². The van der Waals surface area contributed by atoms with E-state index in [0.29, 0.717) is 24.7 Å². The van der Waals surface area contributed by atoms with Crippen molar-refractivity contribution in [3.8, 4) is 11.4 Å². The Balaban J connectivity index is 1.67. The molecule has 0 unspecified atom stereocenters. The van der Waals surface area contributed by atoms with E-state index in [0.717, 1.165) is 18.4 Å². The quantitative estimate of drug-likeness (QED) is 0.909. The number of urea groups is 1. The van der Waals surface area contributed by atoms with E-state index in [9.17, 15) is 4.79 Å². The molecule has 7 nitrogen and oxygen atoms in total.